The molecule has 1 aromatic heterocycles. The number of rotatable bonds is 4. The second kappa shape index (κ2) is 5.52. The monoisotopic (exact) mass is 306 g/mol. The maximum atomic E-state index is 11.5. The Labute approximate surface area is 124 Å². The number of anilines is 1. The highest BCUT2D eigenvalue weighted by Crippen LogP contribution is 2.26. The molecule has 2 heterocycles. The van der Waals surface area contributed by atoms with Gasteiger partial charge in [-0.2, -0.15) is 0 Å². The van der Waals surface area contributed by atoms with Crippen molar-refractivity contribution in [3.8, 4) is 5.75 Å². The molecule has 1 aliphatic heterocycles. The van der Waals surface area contributed by atoms with Crippen LogP contribution in [0.5, 0.6) is 5.75 Å². The van der Waals surface area contributed by atoms with Gasteiger partial charge in [0.25, 0.3) is 0 Å². The molecule has 1 aliphatic rings. The number of nitrogens with zero attached hydrogens (tertiary/aromatic N) is 1. The summed E-state index contributed by atoms with van der Waals surface area (Å²) in [6.45, 7) is 0.628. The molecule has 0 aliphatic carbocycles. The van der Waals surface area contributed by atoms with Crippen molar-refractivity contribution >= 4 is 26.4 Å². The van der Waals surface area contributed by atoms with Gasteiger partial charge in [0.1, 0.15) is 11.6 Å². The highest BCUT2D eigenvalue weighted by molar-refractivity contribution is 7.91. The van der Waals surface area contributed by atoms with Crippen molar-refractivity contribution in [3.63, 3.8) is 0 Å². The molecule has 3 rings (SSSR count). The molecule has 6 heteroatoms. The zero-order valence-corrected chi connectivity index (χ0v) is 12.7. The van der Waals surface area contributed by atoms with E-state index in [4.69, 9.17) is 4.74 Å². The summed E-state index contributed by atoms with van der Waals surface area (Å²) in [5.74, 6) is 2.29. The Hall–Kier alpha value is -1.82. The summed E-state index contributed by atoms with van der Waals surface area (Å²) in [5, 5.41) is 5.35. The largest absolute Gasteiger partial charge is 0.497 e. The molecule has 1 fully saturated rings. The van der Waals surface area contributed by atoms with Crippen molar-refractivity contribution < 1.29 is 13.2 Å². The van der Waals surface area contributed by atoms with Crippen LogP contribution in [0.15, 0.2) is 30.5 Å². The molecule has 0 spiro atoms. The highest BCUT2D eigenvalue weighted by atomic mass is 32.2. The van der Waals surface area contributed by atoms with Crippen LogP contribution in [0.25, 0.3) is 10.8 Å². The minimum absolute atomic E-state index is 0.165. The average Bonchev–Trinajstić information content (AvgIpc) is 2.83. The van der Waals surface area contributed by atoms with Gasteiger partial charge in [-0.3, -0.25) is 0 Å². The molecule has 112 valence electrons. The Morgan fingerprint density at radius 2 is 2.24 bits per heavy atom. The number of ether oxygens (including phenoxy) is 1. The number of aromatic nitrogens is 1. The van der Waals surface area contributed by atoms with Gasteiger partial charge in [-0.05, 0) is 35.9 Å². The van der Waals surface area contributed by atoms with E-state index in [1.54, 1.807) is 13.3 Å². The van der Waals surface area contributed by atoms with Gasteiger partial charge in [0, 0.05) is 18.1 Å². The lowest BCUT2D eigenvalue weighted by Crippen LogP contribution is -2.16. The number of hydrogen-bond acceptors (Lipinski definition) is 5. The van der Waals surface area contributed by atoms with Crippen LogP contribution in [0.3, 0.4) is 0 Å². The first-order valence-electron chi connectivity index (χ1n) is 6.94. The Bertz CT molecular complexity index is 759. The van der Waals surface area contributed by atoms with Crippen molar-refractivity contribution in [1.82, 2.24) is 4.98 Å². The van der Waals surface area contributed by atoms with Crippen LogP contribution in [0, 0.1) is 5.92 Å². The first-order valence-corrected chi connectivity index (χ1v) is 8.76. The number of benzene rings is 1. The topological polar surface area (TPSA) is 68.3 Å². The molecule has 0 radical (unpaired) electrons. The highest BCUT2D eigenvalue weighted by Gasteiger charge is 2.27. The van der Waals surface area contributed by atoms with Crippen LogP contribution in [-0.2, 0) is 9.84 Å². The second-order valence-corrected chi connectivity index (χ2v) is 7.63. The number of fused-ring (bicyclic) bond motifs is 1. The van der Waals surface area contributed by atoms with E-state index in [2.05, 4.69) is 10.3 Å². The van der Waals surface area contributed by atoms with Crippen molar-refractivity contribution in [1.29, 1.82) is 0 Å². The minimum Gasteiger partial charge on any atom is -0.497 e. The summed E-state index contributed by atoms with van der Waals surface area (Å²) in [6.07, 6.45) is 2.48. The fraction of sp³-hybridized carbons (Fsp3) is 0.400. The van der Waals surface area contributed by atoms with Gasteiger partial charge in [0.2, 0.25) is 0 Å². The van der Waals surface area contributed by atoms with Gasteiger partial charge in [0.05, 0.1) is 18.6 Å². The standard InChI is InChI=1S/C15H18N2O3S/c1-20-13-3-2-12-4-6-16-15(14(12)8-13)17-9-11-5-7-21(18,19)10-11/h2-4,6,8,11H,5,7,9-10H2,1H3,(H,16,17). The maximum Gasteiger partial charge on any atom is 0.150 e. The molecular formula is C15H18N2O3S. The summed E-state index contributed by atoms with van der Waals surface area (Å²) < 4.78 is 28.2. The number of nitrogens with one attached hydrogen (secondary N) is 1. The third-order valence-corrected chi connectivity index (χ3v) is 5.70. The molecule has 1 saturated heterocycles. The van der Waals surface area contributed by atoms with Crippen molar-refractivity contribution in [2.75, 3.05) is 30.5 Å². The molecule has 1 aromatic carbocycles. The van der Waals surface area contributed by atoms with E-state index in [9.17, 15) is 8.42 Å². The van der Waals surface area contributed by atoms with E-state index >= 15 is 0 Å². The van der Waals surface area contributed by atoms with E-state index in [1.165, 1.54) is 0 Å². The fourth-order valence-corrected chi connectivity index (χ4v) is 4.55. The summed E-state index contributed by atoms with van der Waals surface area (Å²) >= 11 is 0. The maximum absolute atomic E-state index is 11.5. The molecule has 1 unspecified atom stereocenters. The first kappa shape index (κ1) is 14.1. The van der Waals surface area contributed by atoms with Crippen molar-refractivity contribution in [3.05, 3.63) is 30.5 Å². The molecule has 0 saturated carbocycles. The lowest BCUT2D eigenvalue weighted by molar-refractivity contribution is 0.415. The van der Waals surface area contributed by atoms with Crippen molar-refractivity contribution in [2.24, 2.45) is 5.92 Å². The smallest absolute Gasteiger partial charge is 0.150 e. The zero-order valence-electron chi connectivity index (χ0n) is 11.9. The van der Waals surface area contributed by atoms with Crippen LogP contribution < -0.4 is 10.1 Å². The summed E-state index contributed by atoms with van der Waals surface area (Å²) in [6, 6.07) is 7.78. The number of hydrogen-bond donors (Lipinski definition) is 1. The molecule has 2 aromatic rings. The molecule has 1 N–H and O–H groups in total. The molecule has 5 nitrogen and oxygen atoms in total. The van der Waals surface area contributed by atoms with E-state index in [1.807, 2.05) is 24.3 Å². The van der Waals surface area contributed by atoms with Gasteiger partial charge in [-0.25, -0.2) is 13.4 Å². The van der Waals surface area contributed by atoms with E-state index in [0.717, 1.165) is 28.8 Å². The lowest BCUT2D eigenvalue weighted by Gasteiger charge is -2.12. The third kappa shape index (κ3) is 3.10. The Morgan fingerprint density at radius 3 is 2.95 bits per heavy atom. The normalized spacial score (nSPS) is 20.5. The molecule has 1 atom stereocenters. The van der Waals surface area contributed by atoms with Crippen LogP contribution in [-0.4, -0.2) is 38.6 Å². The van der Waals surface area contributed by atoms with Crippen LogP contribution >= 0.6 is 0 Å². The number of methoxy groups -OCH3 is 1. The minimum atomic E-state index is -2.83. The van der Waals surface area contributed by atoms with Crippen LogP contribution in [0.1, 0.15) is 6.42 Å². The zero-order chi connectivity index (χ0) is 14.9. The molecular weight excluding hydrogens is 288 g/mol. The second-order valence-electron chi connectivity index (χ2n) is 5.40. The van der Waals surface area contributed by atoms with Gasteiger partial charge >= 0.3 is 0 Å². The third-order valence-electron chi connectivity index (χ3n) is 3.86. The van der Waals surface area contributed by atoms with Gasteiger partial charge in [-0.1, -0.05) is 6.07 Å². The first-order chi connectivity index (χ1) is 10.1. The summed E-state index contributed by atoms with van der Waals surface area (Å²) in [4.78, 5) is 4.36. The van der Waals surface area contributed by atoms with Gasteiger partial charge in [-0.15, -0.1) is 0 Å². The lowest BCUT2D eigenvalue weighted by atomic mass is 10.1. The Morgan fingerprint density at radius 1 is 1.38 bits per heavy atom. The average molecular weight is 306 g/mol. The molecule has 0 amide bonds. The predicted octanol–water partition coefficient (Wildman–Crippen LogP) is 2.09. The SMILES string of the molecule is COc1ccc2ccnc(NCC3CCS(=O)(=O)C3)c2c1. The van der Waals surface area contributed by atoms with Crippen LogP contribution in [0.2, 0.25) is 0 Å². The van der Waals surface area contributed by atoms with Crippen molar-refractivity contribution in [2.45, 2.75) is 6.42 Å². The van der Waals surface area contributed by atoms with E-state index in [0.29, 0.717) is 12.3 Å². The van der Waals surface area contributed by atoms with E-state index in [-0.39, 0.29) is 11.7 Å². The van der Waals surface area contributed by atoms with Gasteiger partial charge < -0.3 is 10.1 Å². The number of sulfone groups is 1. The van der Waals surface area contributed by atoms with E-state index < -0.39 is 9.84 Å². The Balaban J connectivity index is 1.80. The summed E-state index contributed by atoms with van der Waals surface area (Å²) in [5.41, 5.74) is 0. The quantitative estimate of drug-likeness (QED) is 0.937. The molecule has 21 heavy (non-hydrogen) atoms. The van der Waals surface area contributed by atoms with Gasteiger partial charge in [0.15, 0.2) is 9.84 Å². The van der Waals surface area contributed by atoms with Crippen LogP contribution in [0.4, 0.5) is 5.82 Å². The summed E-state index contributed by atoms with van der Waals surface area (Å²) in [7, 11) is -1.20. The predicted molar refractivity (Wildman–Crippen MR) is 83.5 cm³/mol. The number of pyridine rings is 1. The fourth-order valence-electron chi connectivity index (χ4n) is 2.69. The Kier molecular flexibility index (Phi) is 3.71. The molecule has 0 bridgehead atoms.